The van der Waals surface area contributed by atoms with E-state index in [1.165, 1.54) is 0 Å². The summed E-state index contributed by atoms with van der Waals surface area (Å²) in [5.74, 6) is 1.51. The molecule has 0 aliphatic heterocycles. The number of guanidine groups is 1. The highest BCUT2D eigenvalue weighted by Gasteiger charge is 2.04. The number of aliphatic imine (C=N–C) groups is 1. The number of hydrogen-bond acceptors (Lipinski definition) is 4. The number of rotatable bonds is 6. The molecule has 0 radical (unpaired) electrons. The van der Waals surface area contributed by atoms with Crippen LogP contribution in [0.25, 0.3) is 0 Å². The fraction of sp³-hybridized carbons (Fsp3) is 0.400. The summed E-state index contributed by atoms with van der Waals surface area (Å²) in [5.41, 5.74) is 2.07. The van der Waals surface area contributed by atoms with Gasteiger partial charge in [0.05, 0.1) is 12.2 Å². The molecule has 0 aliphatic rings. The first kappa shape index (κ1) is 19.7. The van der Waals surface area contributed by atoms with Crippen LogP contribution < -0.4 is 10.6 Å². The molecule has 6 nitrogen and oxygen atoms in total. The molecular weight excluding hydrogens is 429 g/mol. The Balaban J connectivity index is 0.00000264. The van der Waals surface area contributed by atoms with E-state index in [2.05, 4.69) is 25.8 Å². The van der Waals surface area contributed by atoms with E-state index in [0.717, 1.165) is 42.4 Å². The molecule has 126 valence electrons. The lowest BCUT2D eigenvalue weighted by Crippen LogP contribution is -2.37. The topological polar surface area (TPSA) is 75.3 Å². The van der Waals surface area contributed by atoms with Crippen molar-refractivity contribution in [3.05, 3.63) is 46.6 Å². The van der Waals surface area contributed by atoms with E-state index in [0.29, 0.717) is 11.7 Å². The first-order valence-electron chi connectivity index (χ1n) is 7.20. The van der Waals surface area contributed by atoms with E-state index in [4.69, 9.17) is 16.1 Å². The molecule has 2 heterocycles. The van der Waals surface area contributed by atoms with Gasteiger partial charge in [0.1, 0.15) is 5.15 Å². The van der Waals surface area contributed by atoms with Crippen LogP contribution in [0.3, 0.4) is 0 Å². The Kier molecular flexibility index (Phi) is 8.93. The first-order valence-corrected chi connectivity index (χ1v) is 7.58. The second-order valence-corrected chi connectivity index (χ2v) is 5.12. The van der Waals surface area contributed by atoms with Crippen LogP contribution in [0.2, 0.25) is 5.15 Å². The van der Waals surface area contributed by atoms with Crippen molar-refractivity contribution >= 4 is 41.5 Å². The zero-order valence-corrected chi connectivity index (χ0v) is 16.3. The highest BCUT2D eigenvalue weighted by Crippen LogP contribution is 2.05. The number of hydrogen-bond donors (Lipinski definition) is 2. The molecule has 0 aromatic carbocycles. The van der Waals surface area contributed by atoms with Gasteiger partial charge in [0.2, 0.25) is 0 Å². The quantitative estimate of drug-likeness (QED) is 0.307. The van der Waals surface area contributed by atoms with Gasteiger partial charge in [0.15, 0.2) is 11.7 Å². The number of aryl methyl sites for hydroxylation is 1. The average Bonchev–Trinajstić information content (AvgIpc) is 3.00. The van der Waals surface area contributed by atoms with Gasteiger partial charge in [0.25, 0.3) is 0 Å². The monoisotopic (exact) mass is 449 g/mol. The maximum absolute atomic E-state index is 5.76. The maximum atomic E-state index is 5.76. The van der Waals surface area contributed by atoms with Gasteiger partial charge in [-0.25, -0.2) is 4.98 Å². The molecule has 2 aromatic rings. The largest absolute Gasteiger partial charge is 0.359 e. The van der Waals surface area contributed by atoms with Crippen molar-refractivity contribution in [3.63, 3.8) is 0 Å². The van der Waals surface area contributed by atoms with Crippen LogP contribution in [0.5, 0.6) is 0 Å². The third-order valence-corrected chi connectivity index (χ3v) is 3.34. The van der Waals surface area contributed by atoms with Crippen LogP contribution in [0.1, 0.15) is 23.9 Å². The van der Waals surface area contributed by atoms with E-state index in [1.54, 1.807) is 19.3 Å². The minimum absolute atomic E-state index is 0. The van der Waals surface area contributed by atoms with Crippen LogP contribution >= 0.6 is 35.6 Å². The smallest absolute Gasteiger partial charge is 0.191 e. The molecule has 0 fully saturated rings. The van der Waals surface area contributed by atoms with Gasteiger partial charge in [-0.3, -0.25) is 4.99 Å². The SMILES string of the molecule is CCc1cc(CNC(=NC)NCCc2ccc(Cl)nc2)on1.I. The summed E-state index contributed by atoms with van der Waals surface area (Å²) in [5, 5.41) is 10.9. The summed E-state index contributed by atoms with van der Waals surface area (Å²) in [4.78, 5) is 8.23. The second kappa shape index (κ2) is 10.4. The molecule has 2 N–H and O–H groups in total. The van der Waals surface area contributed by atoms with Gasteiger partial charge >= 0.3 is 0 Å². The molecule has 0 saturated heterocycles. The van der Waals surface area contributed by atoms with Crippen molar-refractivity contribution in [1.29, 1.82) is 0 Å². The Morgan fingerprint density at radius 2 is 2.17 bits per heavy atom. The van der Waals surface area contributed by atoms with Gasteiger partial charge in [0, 0.05) is 25.9 Å². The lowest BCUT2D eigenvalue weighted by Gasteiger charge is -2.10. The van der Waals surface area contributed by atoms with Gasteiger partial charge in [-0.2, -0.15) is 0 Å². The lowest BCUT2D eigenvalue weighted by atomic mass is 10.2. The Labute approximate surface area is 158 Å². The van der Waals surface area contributed by atoms with E-state index in [-0.39, 0.29) is 24.0 Å². The molecule has 2 aromatic heterocycles. The third-order valence-electron chi connectivity index (χ3n) is 3.12. The molecule has 0 aliphatic carbocycles. The Bertz CT molecular complexity index is 615. The highest BCUT2D eigenvalue weighted by atomic mass is 127. The van der Waals surface area contributed by atoms with Crippen LogP contribution in [-0.2, 0) is 19.4 Å². The number of nitrogens with zero attached hydrogens (tertiary/aromatic N) is 3. The summed E-state index contributed by atoms with van der Waals surface area (Å²) in [6.45, 7) is 3.34. The van der Waals surface area contributed by atoms with Crippen LogP contribution in [-0.4, -0.2) is 29.7 Å². The van der Waals surface area contributed by atoms with Gasteiger partial charge in [-0.05, 0) is 24.5 Å². The number of nitrogens with one attached hydrogen (secondary N) is 2. The van der Waals surface area contributed by atoms with Crippen LogP contribution in [0.4, 0.5) is 0 Å². The zero-order chi connectivity index (χ0) is 15.8. The molecule has 8 heteroatoms. The summed E-state index contributed by atoms with van der Waals surface area (Å²) >= 11 is 5.76. The maximum Gasteiger partial charge on any atom is 0.191 e. The van der Waals surface area contributed by atoms with Crippen LogP contribution in [0, 0.1) is 0 Å². The fourth-order valence-corrected chi connectivity index (χ4v) is 1.99. The number of pyridine rings is 1. The van der Waals surface area contributed by atoms with E-state index in [1.807, 2.05) is 19.1 Å². The van der Waals surface area contributed by atoms with Crippen molar-refractivity contribution in [2.75, 3.05) is 13.6 Å². The predicted molar refractivity (Wildman–Crippen MR) is 102 cm³/mol. The van der Waals surface area contributed by atoms with Crippen molar-refractivity contribution in [3.8, 4) is 0 Å². The Morgan fingerprint density at radius 3 is 2.78 bits per heavy atom. The van der Waals surface area contributed by atoms with Crippen molar-refractivity contribution in [2.24, 2.45) is 4.99 Å². The van der Waals surface area contributed by atoms with E-state index >= 15 is 0 Å². The fourth-order valence-electron chi connectivity index (χ4n) is 1.88. The van der Waals surface area contributed by atoms with Gasteiger partial charge in [-0.1, -0.05) is 29.7 Å². The Hall–Kier alpha value is -1.35. The normalized spacial score (nSPS) is 11.0. The summed E-state index contributed by atoms with van der Waals surface area (Å²) in [6, 6.07) is 5.70. The molecular formula is C15H21ClIN5O. The number of aromatic nitrogens is 2. The van der Waals surface area contributed by atoms with Crippen molar-refractivity contribution in [1.82, 2.24) is 20.8 Å². The molecule has 23 heavy (non-hydrogen) atoms. The number of halogens is 2. The van der Waals surface area contributed by atoms with Crippen molar-refractivity contribution in [2.45, 2.75) is 26.3 Å². The van der Waals surface area contributed by atoms with E-state index < -0.39 is 0 Å². The lowest BCUT2D eigenvalue weighted by molar-refractivity contribution is 0.374. The second-order valence-electron chi connectivity index (χ2n) is 4.73. The molecule has 0 amide bonds. The molecule has 0 saturated carbocycles. The highest BCUT2D eigenvalue weighted by molar-refractivity contribution is 14.0. The predicted octanol–water partition coefficient (Wildman–Crippen LogP) is 2.81. The average molecular weight is 450 g/mol. The van der Waals surface area contributed by atoms with E-state index in [9.17, 15) is 0 Å². The molecule has 0 unspecified atom stereocenters. The molecule has 2 rings (SSSR count). The van der Waals surface area contributed by atoms with Gasteiger partial charge < -0.3 is 15.2 Å². The Morgan fingerprint density at radius 1 is 1.35 bits per heavy atom. The minimum atomic E-state index is 0. The summed E-state index contributed by atoms with van der Waals surface area (Å²) < 4.78 is 5.22. The van der Waals surface area contributed by atoms with Crippen molar-refractivity contribution < 1.29 is 4.52 Å². The molecule has 0 bridgehead atoms. The summed E-state index contributed by atoms with van der Waals surface area (Å²) in [7, 11) is 1.73. The first-order chi connectivity index (χ1) is 10.7. The third kappa shape index (κ3) is 6.74. The zero-order valence-electron chi connectivity index (χ0n) is 13.2. The summed E-state index contributed by atoms with van der Waals surface area (Å²) in [6.07, 6.45) is 3.49. The van der Waals surface area contributed by atoms with Crippen LogP contribution in [0.15, 0.2) is 33.9 Å². The molecule has 0 atom stereocenters. The molecule has 0 spiro atoms. The van der Waals surface area contributed by atoms with Gasteiger partial charge in [-0.15, -0.1) is 24.0 Å². The minimum Gasteiger partial charge on any atom is -0.359 e. The standard InChI is InChI=1S/C15H20ClN5O.HI/c1-3-12-8-13(22-21-12)10-20-15(17-2)18-7-6-11-4-5-14(16)19-9-11;/h4-5,8-9H,3,6-7,10H2,1-2H3,(H2,17,18,20);1H.